The molecule has 4 nitrogen and oxygen atoms in total. The Bertz CT molecular complexity index is 445. The zero-order chi connectivity index (χ0) is 13.1. The molecular formula is C13H17ClN2O2. The van der Waals surface area contributed by atoms with Crippen LogP contribution in [0.2, 0.25) is 5.02 Å². The Morgan fingerprint density at radius 3 is 3.00 bits per heavy atom. The molecule has 1 aromatic rings. The molecule has 2 rings (SSSR count). The monoisotopic (exact) mass is 268 g/mol. The number of nitrogens with two attached hydrogens (primary N) is 1. The minimum atomic E-state index is -0.188. The van der Waals surface area contributed by atoms with Crippen LogP contribution in [0.5, 0.6) is 0 Å². The van der Waals surface area contributed by atoms with E-state index in [1.54, 1.807) is 18.2 Å². The highest BCUT2D eigenvalue weighted by Crippen LogP contribution is 2.19. The van der Waals surface area contributed by atoms with Gasteiger partial charge in [0.05, 0.1) is 17.7 Å². The molecule has 2 atom stereocenters. The average molecular weight is 269 g/mol. The van der Waals surface area contributed by atoms with Crippen LogP contribution in [-0.2, 0) is 4.74 Å². The maximum absolute atomic E-state index is 12.1. The van der Waals surface area contributed by atoms with E-state index in [-0.39, 0.29) is 18.1 Å². The number of rotatable bonds is 3. The number of carbonyl (C=O) groups excluding carboxylic acids is 1. The molecule has 98 valence electrons. The zero-order valence-corrected chi connectivity index (χ0v) is 11.0. The third kappa shape index (κ3) is 2.94. The van der Waals surface area contributed by atoms with E-state index < -0.39 is 0 Å². The van der Waals surface area contributed by atoms with E-state index >= 15 is 0 Å². The molecule has 0 spiro atoms. The van der Waals surface area contributed by atoms with E-state index in [1.165, 1.54) is 0 Å². The molecule has 1 saturated heterocycles. The molecule has 1 heterocycles. The lowest BCUT2D eigenvalue weighted by Gasteiger charge is -2.20. The first-order chi connectivity index (χ1) is 8.58. The summed E-state index contributed by atoms with van der Waals surface area (Å²) in [7, 11) is 0. The van der Waals surface area contributed by atoms with Crippen molar-refractivity contribution in [1.82, 2.24) is 5.32 Å². The lowest BCUT2D eigenvalue weighted by molar-refractivity contribution is 0.0713. The smallest absolute Gasteiger partial charge is 0.253 e. The molecule has 1 aliphatic heterocycles. The number of halogens is 1. The van der Waals surface area contributed by atoms with E-state index in [4.69, 9.17) is 22.1 Å². The van der Waals surface area contributed by atoms with Gasteiger partial charge in [-0.05, 0) is 38.0 Å². The molecule has 0 saturated carbocycles. The molecule has 1 aromatic carbocycles. The van der Waals surface area contributed by atoms with Crippen LogP contribution in [0.1, 0.15) is 30.1 Å². The predicted octanol–water partition coefficient (Wildman–Crippen LogP) is 2.22. The molecule has 0 aliphatic carbocycles. The minimum Gasteiger partial charge on any atom is -0.398 e. The van der Waals surface area contributed by atoms with Gasteiger partial charge in [0.25, 0.3) is 5.91 Å². The first kappa shape index (κ1) is 13.2. The summed E-state index contributed by atoms with van der Waals surface area (Å²) in [6, 6.07) is 4.85. The fraction of sp³-hybridized carbons (Fsp3) is 0.462. The summed E-state index contributed by atoms with van der Waals surface area (Å²) in [4.78, 5) is 12.1. The van der Waals surface area contributed by atoms with E-state index in [9.17, 15) is 4.79 Å². The molecule has 1 fully saturated rings. The van der Waals surface area contributed by atoms with Crippen molar-refractivity contribution in [3.8, 4) is 0 Å². The first-order valence-corrected chi connectivity index (χ1v) is 6.43. The van der Waals surface area contributed by atoms with Crippen molar-refractivity contribution in [3.05, 3.63) is 28.8 Å². The molecule has 18 heavy (non-hydrogen) atoms. The van der Waals surface area contributed by atoms with E-state index in [2.05, 4.69) is 5.32 Å². The normalized spacial score (nSPS) is 20.7. The summed E-state index contributed by atoms with van der Waals surface area (Å²) in [5, 5.41) is 3.44. The lowest BCUT2D eigenvalue weighted by atomic mass is 10.1. The lowest BCUT2D eigenvalue weighted by Crippen LogP contribution is -2.41. The second-order valence-electron chi connectivity index (χ2n) is 4.55. The fourth-order valence-corrected chi connectivity index (χ4v) is 2.30. The number of anilines is 1. The topological polar surface area (TPSA) is 64.4 Å². The number of hydrogen-bond donors (Lipinski definition) is 2. The highest BCUT2D eigenvalue weighted by atomic mass is 35.5. The first-order valence-electron chi connectivity index (χ1n) is 6.05. The maximum Gasteiger partial charge on any atom is 0.253 e. The van der Waals surface area contributed by atoms with Crippen LogP contribution in [-0.4, -0.2) is 24.7 Å². The summed E-state index contributed by atoms with van der Waals surface area (Å²) >= 11 is 5.80. The van der Waals surface area contributed by atoms with Gasteiger partial charge in [-0.3, -0.25) is 4.79 Å². The standard InChI is InChI=1S/C13H17ClN2O2/c1-8(12-3-2-6-18-12)16-13(17)10-5-4-9(14)7-11(10)15/h4-5,7-8,12H,2-3,6,15H2,1H3,(H,16,17). The van der Waals surface area contributed by atoms with Gasteiger partial charge in [-0.1, -0.05) is 11.6 Å². The van der Waals surface area contributed by atoms with Crippen LogP contribution in [0.15, 0.2) is 18.2 Å². The van der Waals surface area contributed by atoms with Gasteiger partial charge in [0.15, 0.2) is 0 Å². The molecule has 0 aromatic heterocycles. The largest absolute Gasteiger partial charge is 0.398 e. The Hall–Kier alpha value is -1.26. The van der Waals surface area contributed by atoms with Crippen molar-refractivity contribution in [2.45, 2.75) is 31.9 Å². The van der Waals surface area contributed by atoms with Gasteiger partial charge in [0, 0.05) is 17.3 Å². The van der Waals surface area contributed by atoms with E-state index in [0.717, 1.165) is 19.4 Å². The molecule has 5 heteroatoms. The van der Waals surface area contributed by atoms with Crippen molar-refractivity contribution in [1.29, 1.82) is 0 Å². The van der Waals surface area contributed by atoms with Gasteiger partial charge in [0.1, 0.15) is 0 Å². The van der Waals surface area contributed by atoms with Gasteiger partial charge in [-0.2, -0.15) is 0 Å². The molecule has 2 unspecified atom stereocenters. The van der Waals surface area contributed by atoms with Crippen molar-refractivity contribution < 1.29 is 9.53 Å². The summed E-state index contributed by atoms with van der Waals surface area (Å²) in [6.07, 6.45) is 2.13. The van der Waals surface area contributed by atoms with E-state index in [1.807, 2.05) is 6.92 Å². The number of amides is 1. The number of hydrogen-bond acceptors (Lipinski definition) is 3. The van der Waals surface area contributed by atoms with Crippen molar-refractivity contribution >= 4 is 23.2 Å². The third-order valence-corrected chi connectivity index (χ3v) is 3.37. The number of nitrogen functional groups attached to an aromatic ring is 1. The fourth-order valence-electron chi connectivity index (χ4n) is 2.11. The van der Waals surface area contributed by atoms with Crippen LogP contribution in [0.4, 0.5) is 5.69 Å². The van der Waals surface area contributed by atoms with Gasteiger partial charge >= 0.3 is 0 Å². The van der Waals surface area contributed by atoms with Gasteiger partial charge < -0.3 is 15.8 Å². The van der Waals surface area contributed by atoms with Gasteiger partial charge in [0.2, 0.25) is 0 Å². The summed E-state index contributed by atoms with van der Waals surface area (Å²) in [5.41, 5.74) is 6.61. The Morgan fingerprint density at radius 1 is 1.61 bits per heavy atom. The van der Waals surface area contributed by atoms with Crippen LogP contribution >= 0.6 is 11.6 Å². The summed E-state index contributed by atoms with van der Waals surface area (Å²) < 4.78 is 5.53. The quantitative estimate of drug-likeness (QED) is 0.826. The highest BCUT2D eigenvalue weighted by molar-refractivity contribution is 6.31. The molecule has 0 bridgehead atoms. The molecule has 1 amide bonds. The number of ether oxygens (including phenoxy) is 1. The minimum absolute atomic E-state index is 0.0184. The Morgan fingerprint density at radius 2 is 2.39 bits per heavy atom. The second-order valence-corrected chi connectivity index (χ2v) is 4.98. The van der Waals surface area contributed by atoms with Crippen LogP contribution in [0.3, 0.4) is 0 Å². The average Bonchev–Trinajstić information content (AvgIpc) is 2.81. The second kappa shape index (κ2) is 5.59. The van der Waals surface area contributed by atoms with Crippen LogP contribution in [0, 0.1) is 0 Å². The van der Waals surface area contributed by atoms with Crippen molar-refractivity contribution in [2.75, 3.05) is 12.3 Å². The Kier molecular flexibility index (Phi) is 4.09. The van der Waals surface area contributed by atoms with Crippen molar-refractivity contribution in [3.63, 3.8) is 0 Å². The maximum atomic E-state index is 12.1. The number of carbonyl (C=O) groups is 1. The number of benzene rings is 1. The summed E-state index contributed by atoms with van der Waals surface area (Å²) in [6.45, 7) is 2.72. The highest BCUT2D eigenvalue weighted by Gasteiger charge is 2.24. The number of nitrogens with one attached hydrogen (secondary N) is 1. The van der Waals surface area contributed by atoms with Gasteiger partial charge in [-0.25, -0.2) is 0 Å². The Labute approximate surface area is 111 Å². The molecular weight excluding hydrogens is 252 g/mol. The molecule has 1 aliphatic rings. The van der Waals surface area contributed by atoms with Crippen LogP contribution in [0.25, 0.3) is 0 Å². The van der Waals surface area contributed by atoms with Gasteiger partial charge in [-0.15, -0.1) is 0 Å². The predicted molar refractivity (Wildman–Crippen MR) is 71.8 cm³/mol. The zero-order valence-electron chi connectivity index (χ0n) is 10.3. The Balaban J connectivity index is 2.02. The summed E-state index contributed by atoms with van der Waals surface area (Å²) in [5.74, 6) is -0.188. The molecule has 3 N–H and O–H groups in total. The SMILES string of the molecule is CC(NC(=O)c1ccc(Cl)cc1N)C1CCCO1. The van der Waals surface area contributed by atoms with Crippen molar-refractivity contribution in [2.24, 2.45) is 0 Å². The molecule has 0 radical (unpaired) electrons. The van der Waals surface area contributed by atoms with E-state index in [0.29, 0.717) is 16.3 Å². The third-order valence-electron chi connectivity index (χ3n) is 3.14. The van der Waals surface area contributed by atoms with Crippen LogP contribution < -0.4 is 11.1 Å².